The van der Waals surface area contributed by atoms with Gasteiger partial charge in [-0.15, -0.1) is 0 Å². The van der Waals surface area contributed by atoms with Gasteiger partial charge in [-0.25, -0.2) is 0 Å². The smallest absolute Gasteiger partial charge is 0.323 e. The second-order valence-corrected chi connectivity index (χ2v) is 8.43. The molecule has 1 heterocycles. The van der Waals surface area contributed by atoms with Crippen molar-refractivity contribution in [3.05, 3.63) is 0 Å². The number of ether oxygens (including phenoxy) is 3. The Labute approximate surface area is 184 Å². The topological polar surface area (TPSA) is 65.1 Å². The van der Waals surface area contributed by atoms with Gasteiger partial charge in [0.15, 0.2) is 0 Å². The first kappa shape index (κ1) is 26.9. The molecular formula is C24H45NO5. The first-order valence-corrected chi connectivity index (χ1v) is 12.2. The highest BCUT2D eigenvalue weighted by Crippen LogP contribution is 2.23. The van der Waals surface area contributed by atoms with E-state index in [-0.39, 0.29) is 24.1 Å². The number of carbonyl (C=O) groups is 2. The third-order valence-electron chi connectivity index (χ3n) is 5.63. The summed E-state index contributed by atoms with van der Waals surface area (Å²) in [7, 11) is 0. The molecule has 176 valence electrons. The van der Waals surface area contributed by atoms with Gasteiger partial charge >= 0.3 is 11.9 Å². The molecule has 2 atom stereocenters. The third kappa shape index (κ3) is 12.5. The fourth-order valence-electron chi connectivity index (χ4n) is 3.83. The van der Waals surface area contributed by atoms with Gasteiger partial charge in [-0.3, -0.25) is 14.5 Å². The predicted molar refractivity (Wildman–Crippen MR) is 119 cm³/mol. The summed E-state index contributed by atoms with van der Waals surface area (Å²) < 4.78 is 16.5. The predicted octanol–water partition coefficient (Wildman–Crippen LogP) is 4.88. The number of nitrogens with zero attached hydrogens (tertiary/aromatic N) is 1. The number of rotatable bonds is 18. The Morgan fingerprint density at radius 3 is 2.10 bits per heavy atom. The van der Waals surface area contributed by atoms with Gasteiger partial charge < -0.3 is 14.2 Å². The van der Waals surface area contributed by atoms with Crippen molar-refractivity contribution < 1.29 is 23.8 Å². The van der Waals surface area contributed by atoms with Crippen molar-refractivity contribution in [2.75, 3.05) is 32.9 Å². The van der Waals surface area contributed by atoms with E-state index in [0.717, 1.165) is 71.1 Å². The first-order valence-electron chi connectivity index (χ1n) is 12.2. The molecule has 1 aliphatic rings. The zero-order valence-corrected chi connectivity index (χ0v) is 19.7. The van der Waals surface area contributed by atoms with Crippen molar-refractivity contribution in [3.8, 4) is 0 Å². The van der Waals surface area contributed by atoms with Crippen LogP contribution in [0, 0.1) is 0 Å². The molecule has 0 aromatic carbocycles. The number of hydrogen-bond acceptors (Lipinski definition) is 6. The first-order chi connectivity index (χ1) is 14.6. The lowest BCUT2D eigenvalue weighted by Crippen LogP contribution is -2.38. The maximum Gasteiger partial charge on any atom is 0.323 e. The fourth-order valence-corrected chi connectivity index (χ4v) is 3.83. The summed E-state index contributed by atoms with van der Waals surface area (Å²) in [4.78, 5) is 25.7. The molecule has 6 nitrogen and oxygen atoms in total. The van der Waals surface area contributed by atoms with Gasteiger partial charge in [0, 0.05) is 26.5 Å². The lowest BCUT2D eigenvalue weighted by molar-refractivity contribution is -0.149. The van der Waals surface area contributed by atoms with E-state index in [9.17, 15) is 9.59 Å². The Bertz CT molecular complexity index is 457. The maximum atomic E-state index is 12.7. The summed E-state index contributed by atoms with van der Waals surface area (Å²) in [6.45, 7) is 9.33. The van der Waals surface area contributed by atoms with Crippen LogP contribution in [0.5, 0.6) is 0 Å². The largest absolute Gasteiger partial charge is 0.466 e. The number of unbranched alkanes of at least 4 members (excludes halogenated alkanes) is 8. The third-order valence-corrected chi connectivity index (χ3v) is 5.63. The molecule has 30 heavy (non-hydrogen) atoms. The average Bonchev–Trinajstić information content (AvgIpc) is 3.12. The average molecular weight is 428 g/mol. The molecule has 1 fully saturated rings. The van der Waals surface area contributed by atoms with Crippen molar-refractivity contribution >= 4 is 11.9 Å². The van der Waals surface area contributed by atoms with E-state index in [1.165, 1.54) is 32.6 Å². The van der Waals surface area contributed by atoms with Crippen LogP contribution in [0.25, 0.3) is 0 Å². The number of esters is 2. The highest BCUT2D eigenvalue weighted by atomic mass is 16.5. The number of likely N-dealkylation sites (tertiary alicyclic amines) is 1. The zero-order valence-electron chi connectivity index (χ0n) is 19.7. The van der Waals surface area contributed by atoms with Crippen LogP contribution in [-0.2, 0) is 23.8 Å². The Kier molecular flexibility index (Phi) is 15.7. The minimum Gasteiger partial charge on any atom is -0.466 e. The minimum atomic E-state index is -0.229. The molecule has 0 radical (unpaired) electrons. The van der Waals surface area contributed by atoms with Crippen molar-refractivity contribution in [1.82, 2.24) is 4.90 Å². The fraction of sp³-hybridized carbons (Fsp3) is 0.917. The second-order valence-electron chi connectivity index (χ2n) is 8.43. The summed E-state index contributed by atoms with van der Waals surface area (Å²) in [6.07, 6.45) is 12.9. The van der Waals surface area contributed by atoms with Crippen LogP contribution >= 0.6 is 0 Å². The molecule has 1 saturated heterocycles. The van der Waals surface area contributed by atoms with E-state index in [1.54, 1.807) is 0 Å². The minimum absolute atomic E-state index is 0.0925. The molecule has 0 N–H and O–H groups in total. The molecule has 0 amide bonds. The summed E-state index contributed by atoms with van der Waals surface area (Å²) >= 11 is 0. The Morgan fingerprint density at radius 1 is 0.800 bits per heavy atom. The number of hydrogen-bond donors (Lipinski definition) is 0. The molecule has 0 aliphatic carbocycles. The molecular weight excluding hydrogens is 382 g/mol. The van der Waals surface area contributed by atoms with Crippen LogP contribution < -0.4 is 0 Å². The van der Waals surface area contributed by atoms with Crippen molar-refractivity contribution in [2.24, 2.45) is 0 Å². The van der Waals surface area contributed by atoms with E-state index in [2.05, 4.69) is 18.7 Å². The Hall–Kier alpha value is -1.14. The van der Waals surface area contributed by atoms with Gasteiger partial charge in [-0.05, 0) is 45.1 Å². The van der Waals surface area contributed by atoms with E-state index in [4.69, 9.17) is 14.2 Å². The monoisotopic (exact) mass is 427 g/mol. The van der Waals surface area contributed by atoms with Gasteiger partial charge in [0.05, 0.1) is 19.3 Å². The van der Waals surface area contributed by atoms with E-state index in [1.807, 2.05) is 0 Å². The zero-order chi connectivity index (χ0) is 22.0. The molecule has 0 bridgehead atoms. The molecule has 0 saturated carbocycles. The molecule has 1 rings (SSSR count). The second kappa shape index (κ2) is 17.5. The van der Waals surface area contributed by atoms with Crippen LogP contribution in [0.15, 0.2) is 0 Å². The highest BCUT2D eigenvalue weighted by molar-refractivity contribution is 5.76. The quantitative estimate of drug-likeness (QED) is 0.229. The molecule has 6 heteroatoms. The van der Waals surface area contributed by atoms with E-state index >= 15 is 0 Å². The normalized spacial score (nSPS) is 19.2. The van der Waals surface area contributed by atoms with E-state index in [0.29, 0.717) is 13.2 Å². The van der Waals surface area contributed by atoms with Gasteiger partial charge in [-0.1, -0.05) is 46.0 Å². The molecule has 0 aromatic heterocycles. The van der Waals surface area contributed by atoms with Crippen LogP contribution in [0.4, 0.5) is 0 Å². The summed E-state index contributed by atoms with van der Waals surface area (Å²) in [6, 6.07) is -0.160. The van der Waals surface area contributed by atoms with Crippen molar-refractivity contribution in [2.45, 2.75) is 110 Å². The van der Waals surface area contributed by atoms with Crippen molar-refractivity contribution in [1.29, 1.82) is 0 Å². The molecule has 0 spiro atoms. The lowest BCUT2D eigenvalue weighted by Gasteiger charge is -2.22. The summed E-state index contributed by atoms with van der Waals surface area (Å²) in [5, 5.41) is 0. The molecule has 2 unspecified atom stereocenters. The highest BCUT2D eigenvalue weighted by Gasteiger charge is 2.37. The van der Waals surface area contributed by atoms with Gasteiger partial charge in [-0.2, -0.15) is 0 Å². The van der Waals surface area contributed by atoms with Crippen LogP contribution in [0.1, 0.15) is 97.8 Å². The standard InChI is InChI=1S/C24H45NO5/c1-4-6-8-9-12-15-25-20-22(29-16-7-5-2)19-23(25)24(27)30-18-14-11-10-13-17-28-21(3)26/h22-23H,4-20H2,1-3H3. The van der Waals surface area contributed by atoms with Crippen LogP contribution in [0.3, 0.4) is 0 Å². The maximum absolute atomic E-state index is 12.7. The van der Waals surface area contributed by atoms with Crippen molar-refractivity contribution in [3.63, 3.8) is 0 Å². The Balaban J connectivity index is 2.30. The number of carbonyl (C=O) groups excluding carboxylic acids is 2. The van der Waals surface area contributed by atoms with Crippen LogP contribution in [-0.4, -0.2) is 61.9 Å². The van der Waals surface area contributed by atoms with E-state index < -0.39 is 0 Å². The molecule has 1 aliphatic heterocycles. The van der Waals surface area contributed by atoms with Gasteiger partial charge in [0.1, 0.15) is 6.04 Å². The van der Waals surface area contributed by atoms with Gasteiger partial charge in [0.2, 0.25) is 0 Å². The lowest BCUT2D eigenvalue weighted by atomic mass is 10.1. The van der Waals surface area contributed by atoms with Crippen LogP contribution in [0.2, 0.25) is 0 Å². The summed E-state index contributed by atoms with van der Waals surface area (Å²) in [5.74, 6) is -0.322. The SMILES string of the molecule is CCCCCCCN1CC(OCCCC)CC1C(=O)OCCCCCCOC(C)=O. The summed E-state index contributed by atoms with van der Waals surface area (Å²) in [5.41, 5.74) is 0. The van der Waals surface area contributed by atoms with Gasteiger partial charge in [0.25, 0.3) is 0 Å². The Morgan fingerprint density at radius 2 is 1.43 bits per heavy atom. The molecule has 0 aromatic rings.